The highest BCUT2D eigenvalue weighted by Crippen LogP contribution is 2.31. The third-order valence-corrected chi connectivity index (χ3v) is 3.86. The number of carboxylic acid groups (broad SMARTS) is 1. The molecule has 2 rings (SSSR count). The molecule has 1 aromatic carbocycles. The molecule has 2 atom stereocenters. The highest BCUT2D eigenvalue weighted by atomic mass is 19.1. The molecule has 0 aliphatic heterocycles. The number of halogens is 1. The number of carboxylic acids is 1. The Kier molecular flexibility index (Phi) is 5.75. The SMILES string of the molecule is O=C(O)[C@@H]1CC[C@H](C(=O)NCCCOc2ccc(F)cc2)C1. The highest BCUT2D eigenvalue weighted by Gasteiger charge is 2.33. The standard InChI is InChI=1S/C16H20FNO4/c17-13-4-6-14(7-5-13)22-9-1-8-18-15(19)11-2-3-12(10-11)16(20)21/h4-7,11-12H,1-3,8-10H2,(H,18,19)(H,20,21)/t11-,12+/m0/s1. The molecule has 22 heavy (non-hydrogen) atoms. The molecule has 120 valence electrons. The van der Waals surface area contributed by atoms with E-state index in [4.69, 9.17) is 9.84 Å². The van der Waals surface area contributed by atoms with E-state index >= 15 is 0 Å². The van der Waals surface area contributed by atoms with Crippen molar-refractivity contribution in [3.8, 4) is 5.75 Å². The summed E-state index contributed by atoms with van der Waals surface area (Å²) in [6.07, 6.45) is 2.27. The summed E-state index contributed by atoms with van der Waals surface area (Å²) in [5.74, 6) is -1.20. The predicted molar refractivity (Wildman–Crippen MR) is 78.0 cm³/mol. The Labute approximate surface area is 128 Å². The van der Waals surface area contributed by atoms with Crippen LogP contribution in [0.5, 0.6) is 5.75 Å². The summed E-state index contributed by atoms with van der Waals surface area (Å²) in [5.41, 5.74) is 0. The van der Waals surface area contributed by atoms with Crippen LogP contribution in [0.4, 0.5) is 4.39 Å². The van der Waals surface area contributed by atoms with E-state index < -0.39 is 11.9 Å². The molecule has 6 heteroatoms. The predicted octanol–water partition coefficient (Wildman–Crippen LogP) is 2.21. The van der Waals surface area contributed by atoms with Gasteiger partial charge in [-0.3, -0.25) is 9.59 Å². The van der Waals surface area contributed by atoms with Crippen molar-refractivity contribution in [3.63, 3.8) is 0 Å². The van der Waals surface area contributed by atoms with Crippen LogP contribution < -0.4 is 10.1 Å². The van der Waals surface area contributed by atoms with Gasteiger partial charge in [0.25, 0.3) is 0 Å². The minimum atomic E-state index is -0.817. The number of ether oxygens (including phenoxy) is 1. The first kappa shape index (κ1) is 16.3. The Morgan fingerprint density at radius 3 is 2.55 bits per heavy atom. The lowest BCUT2D eigenvalue weighted by molar-refractivity contribution is -0.141. The van der Waals surface area contributed by atoms with Gasteiger partial charge in [0, 0.05) is 12.5 Å². The van der Waals surface area contributed by atoms with Gasteiger partial charge in [0.15, 0.2) is 0 Å². The number of rotatable bonds is 7. The fraction of sp³-hybridized carbons (Fsp3) is 0.500. The number of hydrogen-bond acceptors (Lipinski definition) is 3. The quantitative estimate of drug-likeness (QED) is 0.757. The molecule has 0 heterocycles. The molecule has 1 saturated carbocycles. The molecule has 1 aliphatic rings. The topological polar surface area (TPSA) is 75.6 Å². The second-order valence-corrected chi connectivity index (χ2v) is 5.49. The third kappa shape index (κ3) is 4.72. The van der Waals surface area contributed by atoms with Crippen LogP contribution in [0.2, 0.25) is 0 Å². The fourth-order valence-electron chi connectivity index (χ4n) is 2.59. The van der Waals surface area contributed by atoms with Crippen molar-refractivity contribution in [2.24, 2.45) is 11.8 Å². The third-order valence-electron chi connectivity index (χ3n) is 3.86. The summed E-state index contributed by atoms with van der Waals surface area (Å²) in [7, 11) is 0. The van der Waals surface area contributed by atoms with Gasteiger partial charge in [-0.2, -0.15) is 0 Å². The first-order valence-electron chi connectivity index (χ1n) is 7.45. The molecular formula is C16H20FNO4. The first-order chi connectivity index (χ1) is 10.6. The number of amides is 1. The molecule has 1 aromatic rings. The van der Waals surface area contributed by atoms with Crippen molar-refractivity contribution >= 4 is 11.9 Å². The summed E-state index contributed by atoms with van der Waals surface area (Å²) in [6, 6.07) is 5.77. The molecule has 0 aromatic heterocycles. The van der Waals surface area contributed by atoms with Crippen molar-refractivity contribution in [2.45, 2.75) is 25.7 Å². The van der Waals surface area contributed by atoms with Crippen LogP contribution in [0, 0.1) is 17.7 Å². The second-order valence-electron chi connectivity index (χ2n) is 5.49. The number of nitrogens with one attached hydrogen (secondary N) is 1. The molecule has 0 radical (unpaired) electrons. The van der Waals surface area contributed by atoms with Crippen molar-refractivity contribution < 1.29 is 23.8 Å². The first-order valence-corrected chi connectivity index (χ1v) is 7.45. The minimum Gasteiger partial charge on any atom is -0.494 e. The average molecular weight is 309 g/mol. The van der Waals surface area contributed by atoms with Crippen LogP contribution in [-0.4, -0.2) is 30.1 Å². The molecule has 1 aliphatic carbocycles. The summed E-state index contributed by atoms with van der Waals surface area (Å²) < 4.78 is 18.1. The number of aliphatic carboxylic acids is 1. The van der Waals surface area contributed by atoms with Crippen LogP contribution in [-0.2, 0) is 9.59 Å². The summed E-state index contributed by atoms with van der Waals surface area (Å²) >= 11 is 0. The van der Waals surface area contributed by atoms with Gasteiger partial charge < -0.3 is 15.2 Å². The van der Waals surface area contributed by atoms with Gasteiger partial charge in [-0.15, -0.1) is 0 Å². The van der Waals surface area contributed by atoms with Crippen molar-refractivity contribution in [1.82, 2.24) is 5.32 Å². The maximum Gasteiger partial charge on any atom is 0.306 e. The number of carbonyl (C=O) groups excluding carboxylic acids is 1. The fourth-order valence-corrected chi connectivity index (χ4v) is 2.59. The smallest absolute Gasteiger partial charge is 0.306 e. The van der Waals surface area contributed by atoms with Crippen LogP contribution in [0.25, 0.3) is 0 Å². The van der Waals surface area contributed by atoms with Gasteiger partial charge in [-0.1, -0.05) is 0 Å². The Bertz CT molecular complexity index is 517. The van der Waals surface area contributed by atoms with Gasteiger partial charge in [0.2, 0.25) is 5.91 Å². The van der Waals surface area contributed by atoms with Gasteiger partial charge in [-0.25, -0.2) is 4.39 Å². The van der Waals surface area contributed by atoms with Crippen LogP contribution in [0.3, 0.4) is 0 Å². The molecule has 0 saturated heterocycles. The molecule has 1 fully saturated rings. The number of hydrogen-bond donors (Lipinski definition) is 2. The monoisotopic (exact) mass is 309 g/mol. The van der Waals surface area contributed by atoms with E-state index in [0.717, 1.165) is 0 Å². The van der Waals surface area contributed by atoms with E-state index in [1.54, 1.807) is 12.1 Å². The largest absolute Gasteiger partial charge is 0.494 e. The van der Waals surface area contributed by atoms with E-state index in [2.05, 4.69) is 5.32 Å². The van der Waals surface area contributed by atoms with Gasteiger partial charge in [0.05, 0.1) is 12.5 Å². The Balaban J connectivity index is 1.59. The molecule has 0 unspecified atom stereocenters. The molecule has 1 amide bonds. The Hall–Kier alpha value is -2.11. The lowest BCUT2D eigenvalue weighted by atomic mass is 10.0. The minimum absolute atomic E-state index is 0.0782. The molecule has 0 bridgehead atoms. The normalized spacial score (nSPS) is 20.6. The molecule has 5 nitrogen and oxygen atoms in total. The Morgan fingerprint density at radius 2 is 1.91 bits per heavy atom. The molecule has 2 N–H and O–H groups in total. The second kappa shape index (κ2) is 7.77. The molecular weight excluding hydrogens is 289 g/mol. The van der Waals surface area contributed by atoms with E-state index in [-0.39, 0.29) is 17.6 Å². The highest BCUT2D eigenvalue weighted by molar-refractivity contribution is 5.80. The summed E-state index contributed by atoms with van der Waals surface area (Å²) in [6.45, 7) is 0.905. The molecule has 0 spiro atoms. The van der Waals surface area contributed by atoms with Gasteiger partial charge >= 0.3 is 5.97 Å². The van der Waals surface area contributed by atoms with Gasteiger partial charge in [0.1, 0.15) is 11.6 Å². The van der Waals surface area contributed by atoms with Crippen molar-refractivity contribution in [2.75, 3.05) is 13.2 Å². The van der Waals surface area contributed by atoms with E-state index in [1.165, 1.54) is 12.1 Å². The van der Waals surface area contributed by atoms with Crippen LogP contribution in [0.1, 0.15) is 25.7 Å². The number of carbonyl (C=O) groups is 2. The zero-order chi connectivity index (χ0) is 15.9. The van der Waals surface area contributed by atoms with E-state index in [1.807, 2.05) is 0 Å². The summed E-state index contributed by atoms with van der Waals surface area (Å²) in [4.78, 5) is 22.8. The van der Waals surface area contributed by atoms with E-state index in [0.29, 0.717) is 44.6 Å². The van der Waals surface area contributed by atoms with Crippen LogP contribution in [0.15, 0.2) is 24.3 Å². The Morgan fingerprint density at radius 1 is 1.23 bits per heavy atom. The van der Waals surface area contributed by atoms with E-state index in [9.17, 15) is 14.0 Å². The van der Waals surface area contributed by atoms with Crippen molar-refractivity contribution in [1.29, 1.82) is 0 Å². The zero-order valence-corrected chi connectivity index (χ0v) is 12.3. The lowest BCUT2D eigenvalue weighted by Crippen LogP contribution is -2.31. The maximum absolute atomic E-state index is 12.7. The zero-order valence-electron chi connectivity index (χ0n) is 12.3. The van der Waals surface area contributed by atoms with Gasteiger partial charge in [-0.05, 0) is 49.9 Å². The summed E-state index contributed by atoms with van der Waals surface area (Å²) in [5, 5.41) is 11.7. The van der Waals surface area contributed by atoms with Crippen molar-refractivity contribution in [3.05, 3.63) is 30.1 Å². The number of benzene rings is 1. The maximum atomic E-state index is 12.7. The lowest BCUT2D eigenvalue weighted by Gasteiger charge is -2.11. The average Bonchev–Trinajstić information content (AvgIpc) is 2.99. The van der Waals surface area contributed by atoms with Crippen LogP contribution >= 0.6 is 0 Å².